The smallest absolute Gasteiger partial charge is 0.174 e. The number of hydrogen-bond acceptors (Lipinski definition) is 1. The summed E-state index contributed by atoms with van der Waals surface area (Å²) in [5.41, 5.74) is 3.23. The molecule has 2 rings (SSSR count). The van der Waals surface area contributed by atoms with Gasteiger partial charge in [0.2, 0.25) is 0 Å². The standard InChI is InChI=1S/C10H9N2/c1-2-4-8-5-3-6-9-10(8)12-7-11-9/h2-3,5-6H,1,4H2,(H,11,12). The Morgan fingerprint density at radius 1 is 1.58 bits per heavy atom. The third kappa shape index (κ3) is 1.01. The minimum atomic E-state index is 0.857. The van der Waals surface area contributed by atoms with Crippen LogP contribution in [-0.2, 0) is 6.42 Å². The number of aromatic nitrogens is 2. The van der Waals surface area contributed by atoms with Crippen molar-refractivity contribution in [1.82, 2.24) is 9.97 Å². The molecule has 0 unspecified atom stereocenters. The van der Waals surface area contributed by atoms with Crippen molar-refractivity contribution in [3.8, 4) is 0 Å². The van der Waals surface area contributed by atoms with Crippen LogP contribution in [0.3, 0.4) is 0 Å². The van der Waals surface area contributed by atoms with Crippen molar-refractivity contribution in [1.29, 1.82) is 0 Å². The van der Waals surface area contributed by atoms with Crippen LogP contribution in [0.2, 0.25) is 0 Å². The van der Waals surface area contributed by atoms with Gasteiger partial charge in [0.15, 0.2) is 6.33 Å². The number of aromatic amines is 1. The molecular weight excluding hydrogens is 148 g/mol. The van der Waals surface area contributed by atoms with E-state index in [9.17, 15) is 0 Å². The minimum absolute atomic E-state index is 0.857. The van der Waals surface area contributed by atoms with E-state index < -0.39 is 0 Å². The summed E-state index contributed by atoms with van der Waals surface area (Å²) in [6, 6.07) is 6.05. The molecule has 0 fully saturated rings. The first-order valence-corrected chi connectivity index (χ1v) is 3.86. The molecule has 1 aromatic carbocycles. The van der Waals surface area contributed by atoms with Gasteiger partial charge in [-0.1, -0.05) is 18.2 Å². The number of nitrogens with zero attached hydrogens (tertiary/aromatic N) is 1. The molecule has 1 aromatic heterocycles. The fraction of sp³-hybridized carbons (Fsp3) is 0.100. The Balaban J connectivity index is 2.65. The van der Waals surface area contributed by atoms with Gasteiger partial charge in [-0.2, -0.15) is 0 Å². The third-order valence-electron chi connectivity index (χ3n) is 1.84. The van der Waals surface area contributed by atoms with Crippen LogP contribution in [0.25, 0.3) is 11.0 Å². The van der Waals surface area contributed by atoms with Gasteiger partial charge < -0.3 is 4.98 Å². The molecule has 1 radical (unpaired) electrons. The zero-order valence-corrected chi connectivity index (χ0v) is 6.67. The van der Waals surface area contributed by atoms with Crippen molar-refractivity contribution in [2.45, 2.75) is 6.42 Å². The SMILES string of the molecule is C=CCc1cccc2[nH][c]nc12. The van der Waals surface area contributed by atoms with Gasteiger partial charge >= 0.3 is 0 Å². The van der Waals surface area contributed by atoms with E-state index in [1.54, 1.807) is 0 Å². The summed E-state index contributed by atoms with van der Waals surface area (Å²) in [4.78, 5) is 7.06. The molecule has 1 N–H and O–H groups in total. The van der Waals surface area contributed by atoms with Crippen molar-refractivity contribution in [3.05, 3.63) is 42.7 Å². The van der Waals surface area contributed by atoms with Crippen LogP contribution in [-0.4, -0.2) is 9.97 Å². The van der Waals surface area contributed by atoms with Crippen LogP contribution in [0.1, 0.15) is 5.56 Å². The number of para-hydroxylation sites is 1. The number of rotatable bonds is 2. The first kappa shape index (κ1) is 7.10. The molecule has 1 heterocycles. The van der Waals surface area contributed by atoms with Gasteiger partial charge in [0.25, 0.3) is 0 Å². The molecule has 0 saturated heterocycles. The fourth-order valence-corrected chi connectivity index (χ4v) is 1.29. The van der Waals surface area contributed by atoms with E-state index in [1.165, 1.54) is 5.56 Å². The van der Waals surface area contributed by atoms with Crippen molar-refractivity contribution >= 4 is 11.0 Å². The van der Waals surface area contributed by atoms with E-state index in [4.69, 9.17) is 0 Å². The summed E-state index contributed by atoms with van der Waals surface area (Å²) in [7, 11) is 0. The van der Waals surface area contributed by atoms with Crippen molar-refractivity contribution < 1.29 is 0 Å². The average Bonchev–Trinajstić information content (AvgIpc) is 2.53. The van der Waals surface area contributed by atoms with Gasteiger partial charge in [0.1, 0.15) is 0 Å². The van der Waals surface area contributed by atoms with Crippen molar-refractivity contribution in [2.75, 3.05) is 0 Å². The van der Waals surface area contributed by atoms with Crippen LogP contribution < -0.4 is 0 Å². The first-order chi connectivity index (χ1) is 5.92. The molecule has 0 aliphatic carbocycles. The minimum Gasteiger partial charge on any atom is -0.335 e. The van der Waals surface area contributed by atoms with Gasteiger partial charge in [-0.25, -0.2) is 4.98 Å². The van der Waals surface area contributed by atoms with Gasteiger partial charge in [-0.3, -0.25) is 0 Å². The van der Waals surface area contributed by atoms with Gasteiger partial charge in [0.05, 0.1) is 11.0 Å². The van der Waals surface area contributed by atoms with E-state index in [1.807, 2.05) is 18.2 Å². The van der Waals surface area contributed by atoms with Gasteiger partial charge in [0, 0.05) is 0 Å². The van der Waals surface area contributed by atoms with Crippen LogP contribution in [0.4, 0.5) is 0 Å². The van der Waals surface area contributed by atoms with E-state index in [0.29, 0.717) is 0 Å². The molecule has 12 heavy (non-hydrogen) atoms. The molecule has 0 spiro atoms. The Morgan fingerprint density at radius 2 is 2.50 bits per heavy atom. The predicted octanol–water partition coefficient (Wildman–Crippen LogP) is 2.09. The maximum Gasteiger partial charge on any atom is 0.174 e. The molecule has 0 amide bonds. The van der Waals surface area contributed by atoms with Crippen molar-refractivity contribution in [2.24, 2.45) is 0 Å². The van der Waals surface area contributed by atoms with E-state index in [-0.39, 0.29) is 0 Å². The van der Waals surface area contributed by atoms with Crippen LogP contribution in [0, 0.1) is 6.33 Å². The van der Waals surface area contributed by atoms with Crippen LogP contribution in [0.5, 0.6) is 0 Å². The summed E-state index contributed by atoms with van der Waals surface area (Å²) in [5, 5.41) is 0. The fourth-order valence-electron chi connectivity index (χ4n) is 1.29. The lowest BCUT2D eigenvalue weighted by Crippen LogP contribution is -1.82. The second-order valence-electron chi connectivity index (χ2n) is 2.65. The lowest BCUT2D eigenvalue weighted by atomic mass is 10.1. The van der Waals surface area contributed by atoms with E-state index in [0.717, 1.165) is 17.5 Å². The lowest BCUT2D eigenvalue weighted by molar-refractivity contribution is 1.27. The molecule has 0 aliphatic heterocycles. The monoisotopic (exact) mass is 157 g/mol. The summed E-state index contributed by atoms with van der Waals surface area (Å²) in [6.07, 6.45) is 5.46. The molecular formula is C10H9N2. The van der Waals surface area contributed by atoms with Gasteiger partial charge in [-0.05, 0) is 18.1 Å². The highest BCUT2D eigenvalue weighted by atomic mass is 14.9. The zero-order valence-electron chi connectivity index (χ0n) is 6.67. The number of hydrogen-bond donors (Lipinski definition) is 1. The summed E-state index contributed by atoms with van der Waals surface area (Å²) >= 11 is 0. The average molecular weight is 157 g/mol. The number of allylic oxidation sites excluding steroid dienone is 1. The molecule has 59 valence electrons. The third-order valence-corrected chi connectivity index (χ3v) is 1.84. The quantitative estimate of drug-likeness (QED) is 0.664. The summed E-state index contributed by atoms with van der Waals surface area (Å²) in [6.45, 7) is 3.70. The number of nitrogens with one attached hydrogen (secondary N) is 1. The molecule has 0 bridgehead atoms. The summed E-state index contributed by atoms with van der Waals surface area (Å²) < 4.78 is 0. The normalized spacial score (nSPS) is 10.3. The molecule has 2 heteroatoms. The maximum absolute atomic E-state index is 4.11. The Hall–Kier alpha value is -1.57. The zero-order chi connectivity index (χ0) is 8.39. The van der Waals surface area contributed by atoms with Crippen molar-refractivity contribution in [3.63, 3.8) is 0 Å². The number of H-pyrrole nitrogens is 1. The first-order valence-electron chi connectivity index (χ1n) is 3.86. The highest BCUT2D eigenvalue weighted by Crippen LogP contribution is 2.14. The Morgan fingerprint density at radius 3 is 3.33 bits per heavy atom. The number of fused-ring (bicyclic) bond motifs is 1. The van der Waals surface area contributed by atoms with Gasteiger partial charge in [-0.15, -0.1) is 6.58 Å². The highest BCUT2D eigenvalue weighted by molar-refractivity contribution is 5.78. The summed E-state index contributed by atoms with van der Waals surface area (Å²) in [5.74, 6) is 0. The lowest BCUT2D eigenvalue weighted by Gasteiger charge is -1.96. The second-order valence-corrected chi connectivity index (χ2v) is 2.65. The Labute approximate surface area is 70.9 Å². The molecule has 2 aromatic rings. The highest BCUT2D eigenvalue weighted by Gasteiger charge is 2.00. The number of imidazole rings is 1. The Kier molecular flexibility index (Phi) is 1.67. The Bertz CT molecular complexity index is 401. The number of benzene rings is 1. The predicted molar refractivity (Wildman–Crippen MR) is 48.8 cm³/mol. The van der Waals surface area contributed by atoms with Crippen LogP contribution >= 0.6 is 0 Å². The second kappa shape index (κ2) is 2.81. The van der Waals surface area contributed by atoms with E-state index >= 15 is 0 Å². The molecule has 0 saturated carbocycles. The molecule has 0 atom stereocenters. The van der Waals surface area contributed by atoms with Crippen LogP contribution in [0.15, 0.2) is 30.9 Å². The van der Waals surface area contributed by atoms with E-state index in [2.05, 4.69) is 28.9 Å². The molecule has 0 aliphatic rings. The maximum atomic E-state index is 4.11. The topological polar surface area (TPSA) is 28.7 Å². The largest absolute Gasteiger partial charge is 0.335 e. The molecule has 2 nitrogen and oxygen atoms in total.